The van der Waals surface area contributed by atoms with E-state index in [-0.39, 0.29) is 15.7 Å². The zero-order valence-electron chi connectivity index (χ0n) is 25.4. The number of hydrogen-bond donors (Lipinski definition) is 1. The quantitative estimate of drug-likeness (QED) is 0.0824. The second kappa shape index (κ2) is 15.6. The third-order valence-electron chi connectivity index (χ3n) is 7.66. The lowest BCUT2D eigenvalue weighted by Crippen LogP contribution is -2.21. The second-order valence-electron chi connectivity index (χ2n) is 10.9. The highest BCUT2D eigenvalue weighted by molar-refractivity contribution is 7.91. The van der Waals surface area contributed by atoms with Crippen molar-refractivity contribution in [2.24, 2.45) is 4.99 Å². The molecule has 0 saturated carbocycles. The number of rotatable bonds is 16. The van der Waals surface area contributed by atoms with Gasteiger partial charge in [0.2, 0.25) is 15.7 Å². The predicted octanol–water partition coefficient (Wildman–Crippen LogP) is 7.03. The van der Waals surface area contributed by atoms with E-state index in [4.69, 9.17) is 4.74 Å². The van der Waals surface area contributed by atoms with Crippen molar-refractivity contribution < 1.29 is 17.9 Å². The molecule has 4 rings (SSSR count). The molecule has 1 N–H and O–H groups in total. The summed E-state index contributed by atoms with van der Waals surface area (Å²) in [6.07, 6.45) is 12.3. The SMILES string of the molecule is CCCCCC1OC1C/C=C/CC(=O)NCc1ccc(S(=O)(=O)c2ccc(N=Cc3ccc(N(C)CC)cc3)cc2)cc1. The number of aliphatic imine (C=N–C) groups is 1. The van der Waals surface area contributed by atoms with Crippen LogP contribution in [0.5, 0.6) is 0 Å². The summed E-state index contributed by atoms with van der Waals surface area (Å²) < 4.78 is 32.0. The number of nitrogens with zero attached hydrogens (tertiary/aromatic N) is 2. The largest absolute Gasteiger partial charge is 0.375 e. The van der Waals surface area contributed by atoms with Gasteiger partial charge in [-0.2, -0.15) is 0 Å². The molecule has 8 heteroatoms. The lowest BCUT2D eigenvalue weighted by molar-refractivity contribution is -0.120. The first-order valence-electron chi connectivity index (χ1n) is 15.2. The van der Waals surface area contributed by atoms with Crippen molar-refractivity contribution in [3.63, 3.8) is 0 Å². The molecule has 3 aromatic carbocycles. The fraction of sp³-hybridized carbons (Fsp3) is 0.371. The first kappa shape index (κ1) is 32.2. The van der Waals surface area contributed by atoms with Crippen molar-refractivity contribution in [3.05, 3.63) is 96.1 Å². The fourth-order valence-corrected chi connectivity index (χ4v) is 5.97. The van der Waals surface area contributed by atoms with Crippen LogP contribution in [0.15, 0.2) is 99.7 Å². The Morgan fingerprint density at radius 2 is 1.58 bits per heavy atom. The van der Waals surface area contributed by atoms with E-state index in [0.29, 0.717) is 30.9 Å². The minimum Gasteiger partial charge on any atom is -0.375 e. The number of anilines is 1. The number of ether oxygens (including phenoxy) is 1. The van der Waals surface area contributed by atoms with Crippen LogP contribution in [0.25, 0.3) is 0 Å². The number of carbonyl (C=O) groups is 1. The Labute approximate surface area is 256 Å². The maximum atomic E-state index is 13.2. The van der Waals surface area contributed by atoms with Gasteiger partial charge in [0.25, 0.3) is 0 Å². The van der Waals surface area contributed by atoms with Gasteiger partial charge in [0.05, 0.1) is 27.7 Å². The Bertz CT molecular complexity index is 1480. The second-order valence-corrected chi connectivity index (χ2v) is 12.9. The van der Waals surface area contributed by atoms with E-state index in [1.807, 2.05) is 43.5 Å². The molecule has 43 heavy (non-hydrogen) atoms. The zero-order chi connectivity index (χ0) is 30.7. The van der Waals surface area contributed by atoms with Crippen LogP contribution in [0.4, 0.5) is 11.4 Å². The average molecular weight is 602 g/mol. The van der Waals surface area contributed by atoms with Crippen LogP contribution in [0.2, 0.25) is 0 Å². The number of unbranched alkanes of at least 4 members (excludes halogenated alkanes) is 2. The molecule has 1 amide bonds. The van der Waals surface area contributed by atoms with Crippen LogP contribution in [0.3, 0.4) is 0 Å². The van der Waals surface area contributed by atoms with Gasteiger partial charge in [-0.05, 0) is 79.4 Å². The minimum atomic E-state index is -3.68. The predicted molar refractivity (Wildman–Crippen MR) is 174 cm³/mol. The molecule has 2 atom stereocenters. The van der Waals surface area contributed by atoms with Crippen molar-refractivity contribution in [3.8, 4) is 0 Å². The summed E-state index contributed by atoms with van der Waals surface area (Å²) >= 11 is 0. The van der Waals surface area contributed by atoms with Crippen molar-refractivity contribution in [2.45, 2.75) is 80.9 Å². The number of epoxide rings is 1. The monoisotopic (exact) mass is 601 g/mol. The van der Waals surface area contributed by atoms with Crippen LogP contribution in [-0.4, -0.2) is 46.3 Å². The van der Waals surface area contributed by atoms with Crippen molar-refractivity contribution in [2.75, 3.05) is 18.5 Å². The smallest absolute Gasteiger partial charge is 0.224 e. The highest BCUT2D eigenvalue weighted by atomic mass is 32.2. The van der Waals surface area contributed by atoms with E-state index in [1.165, 1.54) is 19.3 Å². The molecule has 228 valence electrons. The molecule has 1 heterocycles. The summed E-state index contributed by atoms with van der Waals surface area (Å²) in [6.45, 7) is 5.57. The highest BCUT2D eigenvalue weighted by Gasteiger charge is 2.36. The summed E-state index contributed by atoms with van der Waals surface area (Å²) in [5, 5.41) is 2.89. The van der Waals surface area contributed by atoms with Crippen LogP contribution in [-0.2, 0) is 25.9 Å². The lowest BCUT2D eigenvalue weighted by atomic mass is 10.1. The molecule has 0 aromatic heterocycles. The normalized spacial score (nSPS) is 16.5. The molecule has 2 unspecified atom stereocenters. The highest BCUT2D eigenvalue weighted by Crippen LogP contribution is 2.30. The molecule has 0 aliphatic carbocycles. The molecule has 1 aliphatic rings. The maximum Gasteiger partial charge on any atom is 0.224 e. The molecule has 1 fully saturated rings. The number of nitrogens with one attached hydrogen (secondary N) is 1. The molecule has 0 spiro atoms. The van der Waals surface area contributed by atoms with E-state index < -0.39 is 9.84 Å². The first-order valence-corrected chi connectivity index (χ1v) is 16.6. The number of carbonyl (C=O) groups excluding carboxylic acids is 1. The molecule has 1 saturated heterocycles. The van der Waals surface area contributed by atoms with Gasteiger partial charge in [-0.3, -0.25) is 9.79 Å². The Hall–Kier alpha value is -3.75. The van der Waals surface area contributed by atoms with Crippen molar-refractivity contribution >= 4 is 33.3 Å². The maximum absolute atomic E-state index is 13.2. The van der Waals surface area contributed by atoms with Crippen LogP contribution >= 0.6 is 0 Å². The molecular weight excluding hydrogens is 558 g/mol. The first-order chi connectivity index (χ1) is 20.8. The lowest BCUT2D eigenvalue weighted by Gasteiger charge is -2.16. The topological polar surface area (TPSA) is 91.4 Å². The Balaban J connectivity index is 1.22. The van der Waals surface area contributed by atoms with Gasteiger partial charge in [-0.15, -0.1) is 0 Å². The number of amides is 1. The van der Waals surface area contributed by atoms with Crippen LogP contribution in [0, 0.1) is 0 Å². The van der Waals surface area contributed by atoms with E-state index in [2.05, 4.69) is 29.1 Å². The van der Waals surface area contributed by atoms with E-state index in [0.717, 1.165) is 36.2 Å². The van der Waals surface area contributed by atoms with Gasteiger partial charge in [-0.1, -0.05) is 62.6 Å². The Morgan fingerprint density at radius 3 is 2.23 bits per heavy atom. The third-order valence-corrected chi connectivity index (χ3v) is 9.44. The van der Waals surface area contributed by atoms with Gasteiger partial charge in [-0.25, -0.2) is 8.42 Å². The number of benzene rings is 3. The Kier molecular flexibility index (Phi) is 11.7. The zero-order valence-corrected chi connectivity index (χ0v) is 26.2. The van der Waals surface area contributed by atoms with E-state index in [9.17, 15) is 13.2 Å². The van der Waals surface area contributed by atoms with Crippen molar-refractivity contribution in [1.29, 1.82) is 0 Å². The van der Waals surface area contributed by atoms with E-state index in [1.54, 1.807) is 54.7 Å². The third kappa shape index (κ3) is 9.63. The number of hydrogen-bond acceptors (Lipinski definition) is 6. The molecule has 0 radical (unpaired) electrons. The van der Waals surface area contributed by atoms with Gasteiger partial charge < -0.3 is 15.0 Å². The van der Waals surface area contributed by atoms with Gasteiger partial charge in [0, 0.05) is 38.5 Å². The van der Waals surface area contributed by atoms with Crippen molar-refractivity contribution in [1.82, 2.24) is 5.32 Å². The molecule has 3 aromatic rings. The van der Waals surface area contributed by atoms with Gasteiger partial charge >= 0.3 is 0 Å². The molecule has 7 nitrogen and oxygen atoms in total. The summed E-state index contributed by atoms with van der Waals surface area (Å²) in [4.78, 5) is 19.3. The van der Waals surface area contributed by atoms with Crippen LogP contribution in [0.1, 0.15) is 63.5 Å². The standard InChI is InChI=1S/C35H43N3O4S/c1-4-6-7-10-33-34(42-33)11-8-9-12-35(39)37-26-28-15-21-31(22-16-28)43(40,41)32-23-17-29(18-24-32)36-25-27-13-19-30(20-14-27)38(3)5-2/h8-9,13-25,33-34H,4-7,10-12,26H2,1-3H3,(H,37,39)/b9-8+,36-25?. The minimum absolute atomic E-state index is 0.0759. The summed E-state index contributed by atoms with van der Waals surface area (Å²) in [5.74, 6) is -0.0759. The van der Waals surface area contributed by atoms with Crippen LogP contribution < -0.4 is 10.2 Å². The average Bonchev–Trinajstić information content (AvgIpc) is 3.79. The van der Waals surface area contributed by atoms with Gasteiger partial charge in [0.1, 0.15) is 0 Å². The molecular formula is C35H43N3O4S. The van der Waals surface area contributed by atoms with E-state index >= 15 is 0 Å². The summed E-state index contributed by atoms with van der Waals surface area (Å²) in [7, 11) is -1.63. The molecule has 1 aliphatic heterocycles. The van der Waals surface area contributed by atoms with Gasteiger partial charge in [0.15, 0.2) is 0 Å². The summed E-state index contributed by atoms with van der Waals surface area (Å²) in [5.41, 5.74) is 3.60. The fourth-order valence-electron chi connectivity index (χ4n) is 4.71. The number of sulfone groups is 1. The summed E-state index contributed by atoms with van der Waals surface area (Å²) in [6, 6.07) is 21.3. The Morgan fingerprint density at radius 1 is 0.907 bits per heavy atom. The molecule has 0 bridgehead atoms.